The summed E-state index contributed by atoms with van der Waals surface area (Å²) in [6, 6.07) is 9.15. The Hall–Kier alpha value is -2.51. The first-order valence-corrected chi connectivity index (χ1v) is 7.29. The molecule has 1 saturated heterocycles. The molecule has 124 valence electrons. The van der Waals surface area contributed by atoms with Crippen LogP contribution in [0.2, 0.25) is 5.02 Å². The van der Waals surface area contributed by atoms with Gasteiger partial charge >= 0.3 is 0 Å². The van der Waals surface area contributed by atoms with Crippen LogP contribution < -0.4 is 0 Å². The molecule has 2 aromatic carbocycles. The van der Waals surface area contributed by atoms with Gasteiger partial charge in [0.25, 0.3) is 11.8 Å². The van der Waals surface area contributed by atoms with Crippen LogP contribution in [0.5, 0.6) is 0 Å². The van der Waals surface area contributed by atoms with Gasteiger partial charge < -0.3 is 4.90 Å². The van der Waals surface area contributed by atoms with Gasteiger partial charge in [0.05, 0.1) is 0 Å². The number of hydrogen-bond acceptors (Lipinski definition) is 3. The molecule has 0 saturated carbocycles. The van der Waals surface area contributed by atoms with Crippen LogP contribution in [0, 0.1) is 11.6 Å². The number of nitrogens with zero attached hydrogens (tertiary/aromatic N) is 2. The predicted molar refractivity (Wildman–Crippen MR) is 80.2 cm³/mol. The first-order valence-electron chi connectivity index (χ1n) is 6.91. The Balaban J connectivity index is 2.05. The largest absolute Gasteiger partial charge is 0.302 e. The third-order valence-electron chi connectivity index (χ3n) is 3.67. The lowest BCUT2D eigenvalue weighted by Gasteiger charge is -2.26. The van der Waals surface area contributed by atoms with E-state index in [1.807, 2.05) is 0 Å². The molecular formula is C16H11ClF2N2O3. The van der Waals surface area contributed by atoms with Gasteiger partial charge in [0, 0.05) is 5.02 Å². The van der Waals surface area contributed by atoms with E-state index in [0.29, 0.717) is 15.6 Å². The van der Waals surface area contributed by atoms with Crippen molar-refractivity contribution in [2.24, 2.45) is 0 Å². The third kappa shape index (κ3) is 2.72. The number of carbonyl (C=O) groups is 2. The van der Waals surface area contributed by atoms with Crippen molar-refractivity contribution in [2.75, 3.05) is 6.54 Å². The van der Waals surface area contributed by atoms with Gasteiger partial charge in [-0.1, -0.05) is 29.8 Å². The standard InChI is InChI=1S/C16H11ClF2N2O3/c17-10-4-1-3-9(7-10)15-20(8-13(22)21(15)24)16(23)14-11(18)5-2-6-12(14)19/h1-7,15,24H,8H2. The van der Waals surface area contributed by atoms with Crippen LogP contribution in [0.1, 0.15) is 22.1 Å². The average molecular weight is 353 g/mol. The van der Waals surface area contributed by atoms with E-state index in [1.54, 1.807) is 12.1 Å². The fourth-order valence-corrected chi connectivity index (χ4v) is 2.79. The Morgan fingerprint density at radius 2 is 1.79 bits per heavy atom. The highest BCUT2D eigenvalue weighted by molar-refractivity contribution is 6.30. The fraction of sp³-hybridized carbons (Fsp3) is 0.125. The first kappa shape index (κ1) is 16.4. The molecule has 5 nitrogen and oxygen atoms in total. The van der Waals surface area contributed by atoms with Crippen LogP contribution in [0.15, 0.2) is 42.5 Å². The zero-order chi connectivity index (χ0) is 17.4. The monoisotopic (exact) mass is 352 g/mol. The molecule has 1 aliphatic rings. The Bertz CT molecular complexity index is 810. The molecule has 1 unspecified atom stereocenters. The molecule has 2 aromatic rings. The lowest BCUT2D eigenvalue weighted by atomic mass is 10.1. The van der Waals surface area contributed by atoms with Gasteiger partial charge in [-0.3, -0.25) is 14.8 Å². The van der Waals surface area contributed by atoms with Gasteiger partial charge in [0.1, 0.15) is 23.7 Å². The maximum atomic E-state index is 13.9. The minimum Gasteiger partial charge on any atom is -0.302 e. The number of halogens is 3. The third-order valence-corrected chi connectivity index (χ3v) is 3.91. The molecule has 0 bridgehead atoms. The molecular weight excluding hydrogens is 342 g/mol. The quantitative estimate of drug-likeness (QED) is 0.845. The Morgan fingerprint density at radius 1 is 1.17 bits per heavy atom. The summed E-state index contributed by atoms with van der Waals surface area (Å²) in [4.78, 5) is 25.3. The number of hydroxylamine groups is 2. The van der Waals surface area contributed by atoms with Gasteiger partial charge in [-0.15, -0.1) is 0 Å². The molecule has 0 aliphatic carbocycles. The predicted octanol–water partition coefficient (Wildman–Crippen LogP) is 2.99. The van der Waals surface area contributed by atoms with Crippen molar-refractivity contribution in [3.8, 4) is 0 Å². The Labute approximate surface area is 140 Å². The molecule has 24 heavy (non-hydrogen) atoms. The minimum atomic E-state index is -1.22. The molecule has 0 aromatic heterocycles. The average Bonchev–Trinajstić information content (AvgIpc) is 2.82. The second-order valence-corrected chi connectivity index (χ2v) is 5.63. The molecule has 1 aliphatic heterocycles. The van der Waals surface area contributed by atoms with Gasteiger partial charge in [-0.05, 0) is 29.8 Å². The summed E-state index contributed by atoms with van der Waals surface area (Å²) in [5, 5.41) is 10.6. The van der Waals surface area contributed by atoms with Crippen LogP contribution in [-0.2, 0) is 4.79 Å². The lowest BCUT2D eigenvalue weighted by molar-refractivity contribution is -0.168. The highest BCUT2D eigenvalue weighted by Crippen LogP contribution is 2.32. The summed E-state index contributed by atoms with van der Waals surface area (Å²) in [6.07, 6.45) is -1.22. The summed E-state index contributed by atoms with van der Waals surface area (Å²) in [5.41, 5.74) is -0.450. The summed E-state index contributed by atoms with van der Waals surface area (Å²) >= 11 is 5.89. The summed E-state index contributed by atoms with van der Waals surface area (Å²) < 4.78 is 27.7. The zero-order valence-corrected chi connectivity index (χ0v) is 12.9. The second kappa shape index (κ2) is 6.18. The number of rotatable bonds is 2. The minimum absolute atomic E-state index is 0.324. The summed E-state index contributed by atoms with van der Waals surface area (Å²) in [5.74, 6) is -3.91. The van der Waals surface area contributed by atoms with Gasteiger partial charge in [-0.2, -0.15) is 5.06 Å². The Kier molecular flexibility index (Phi) is 4.21. The number of hydrogen-bond donors (Lipinski definition) is 1. The Morgan fingerprint density at radius 3 is 2.42 bits per heavy atom. The van der Waals surface area contributed by atoms with E-state index in [2.05, 4.69) is 0 Å². The topological polar surface area (TPSA) is 60.9 Å². The van der Waals surface area contributed by atoms with Crippen molar-refractivity contribution in [3.05, 3.63) is 70.2 Å². The molecule has 3 rings (SSSR count). The smallest absolute Gasteiger partial charge is 0.267 e. The zero-order valence-electron chi connectivity index (χ0n) is 12.1. The van der Waals surface area contributed by atoms with Gasteiger partial charge in [0.15, 0.2) is 6.17 Å². The van der Waals surface area contributed by atoms with E-state index in [1.165, 1.54) is 12.1 Å². The van der Waals surface area contributed by atoms with Crippen molar-refractivity contribution in [1.29, 1.82) is 0 Å². The van der Waals surface area contributed by atoms with Crippen molar-refractivity contribution >= 4 is 23.4 Å². The molecule has 0 radical (unpaired) electrons. The maximum Gasteiger partial charge on any atom is 0.267 e. The van der Waals surface area contributed by atoms with Crippen molar-refractivity contribution in [2.45, 2.75) is 6.17 Å². The highest BCUT2D eigenvalue weighted by Gasteiger charge is 2.42. The van der Waals surface area contributed by atoms with Crippen LogP contribution in [-0.4, -0.2) is 33.5 Å². The second-order valence-electron chi connectivity index (χ2n) is 5.20. The molecule has 1 atom stereocenters. The highest BCUT2D eigenvalue weighted by atomic mass is 35.5. The van der Waals surface area contributed by atoms with Crippen molar-refractivity contribution in [3.63, 3.8) is 0 Å². The van der Waals surface area contributed by atoms with E-state index in [4.69, 9.17) is 11.6 Å². The normalized spacial score (nSPS) is 17.5. The van der Waals surface area contributed by atoms with Crippen LogP contribution in [0.3, 0.4) is 0 Å². The SMILES string of the molecule is O=C1CN(C(=O)c2c(F)cccc2F)C(c2cccc(Cl)c2)N1O. The molecule has 2 amide bonds. The number of benzene rings is 2. The van der Waals surface area contributed by atoms with Gasteiger partial charge in [-0.25, -0.2) is 8.78 Å². The van der Waals surface area contributed by atoms with Crippen molar-refractivity contribution < 1.29 is 23.6 Å². The molecule has 1 fully saturated rings. The van der Waals surface area contributed by atoms with E-state index in [9.17, 15) is 23.6 Å². The van der Waals surface area contributed by atoms with Crippen LogP contribution in [0.4, 0.5) is 8.78 Å². The number of carbonyl (C=O) groups excluding carboxylic acids is 2. The summed E-state index contributed by atoms with van der Waals surface area (Å²) in [7, 11) is 0. The molecule has 8 heteroatoms. The van der Waals surface area contributed by atoms with Crippen LogP contribution in [0.25, 0.3) is 0 Å². The van der Waals surface area contributed by atoms with Crippen LogP contribution >= 0.6 is 11.6 Å². The molecule has 1 N–H and O–H groups in total. The van der Waals surface area contributed by atoms with Gasteiger partial charge in [0.2, 0.25) is 0 Å². The van der Waals surface area contributed by atoms with E-state index < -0.39 is 41.7 Å². The van der Waals surface area contributed by atoms with E-state index in [0.717, 1.165) is 23.1 Å². The fourth-order valence-electron chi connectivity index (χ4n) is 2.59. The first-order chi connectivity index (χ1) is 11.4. The molecule has 0 spiro atoms. The number of amides is 2. The lowest BCUT2D eigenvalue weighted by Crippen LogP contribution is -2.35. The molecule has 1 heterocycles. The van der Waals surface area contributed by atoms with E-state index in [-0.39, 0.29) is 0 Å². The summed E-state index contributed by atoms with van der Waals surface area (Å²) in [6.45, 7) is -0.514. The van der Waals surface area contributed by atoms with Crippen molar-refractivity contribution in [1.82, 2.24) is 9.96 Å². The van der Waals surface area contributed by atoms with E-state index >= 15 is 0 Å². The maximum absolute atomic E-state index is 13.9.